The summed E-state index contributed by atoms with van der Waals surface area (Å²) in [5.74, 6) is 1.50. The summed E-state index contributed by atoms with van der Waals surface area (Å²) >= 11 is 5.72. The molecule has 2 heterocycles. The third kappa shape index (κ3) is 2.43. The fraction of sp³-hybridized carbons (Fsp3) is 0.583. The molecule has 1 aliphatic heterocycles. The van der Waals surface area contributed by atoms with Gasteiger partial charge in [0.2, 0.25) is 0 Å². The second-order valence-electron chi connectivity index (χ2n) is 4.66. The normalized spacial score (nSPS) is 25.8. The Morgan fingerprint density at radius 2 is 2.25 bits per heavy atom. The molecule has 2 unspecified atom stereocenters. The van der Waals surface area contributed by atoms with E-state index in [1.54, 1.807) is 0 Å². The Balaban J connectivity index is 2.06. The first kappa shape index (κ1) is 12.0. The van der Waals surface area contributed by atoms with Crippen LogP contribution in [0, 0.1) is 11.8 Å². The van der Waals surface area contributed by atoms with Crippen LogP contribution in [0.5, 0.6) is 0 Å². The molecule has 1 aliphatic rings. The van der Waals surface area contributed by atoms with Crippen LogP contribution in [0.25, 0.3) is 0 Å². The Morgan fingerprint density at radius 1 is 1.50 bits per heavy atom. The molecule has 0 spiro atoms. The average Bonchev–Trinajstić information content (AvgIpc) is 2.68. The summed E-state index contributed by atoms with van der Waals surface area (Å²) in [6.45, 7) is 6.27. The summed E-state index contributed by atoms with van der Waals surface area (Å²) in [4.78, 5) is 15.8. The molecule has 0 radical (unpaired) electrons. The highest BCUT2D eigenvalue weighted by Crippen LogP contribution is 2.25. The van der Waals surface area contributed by atoms with Crippen LogP contribution in [0.4, 0.5) is 0 Å². The second kappa shape index (κ2) is 4.80. The number of hydrogen-bond acceptors (Lipinski definition) is 3. The number of carbonyl (C=O) groups is 1. The zero-order valence-electron chi connectivity index (χ0n) is 9.64. The van der Waals surface area contributed by atoms with Crippen LogP contribution in [0.15, 0.2) is 16.3 Å². The van der Waals surface area contributed by atoms with Crippen molar-refractivity contribution in [1.82, 2.24) is 4.90 Å². The number of carbonyl (C=O) groups excluding carboxylic acids is 1. The van der Waals surface area contributed by atoms with Crippen molar-refractivity contribution in [2.75, 3.05) is 13.1 Å². The molecule has 0 saturated carbocycles. The molecule has 0 bridgehead atoms. The van der Waals surface area contributed by atoms with Crippen LogP contribution in [-0.4, -0.2) is 23.9 Å². The molecular formula is C12H17NOS2. The fourth-order valence-corrected chi connectivity index (χ4v) is 3.16. The molecule has 2 rings (SSSR count). The molecule has 1 aromatic rings. The van der Waals surface area contributed by atoms with Gasteiger partial charge in [-0.1, -0.05) is 13.8 Å². The van der Waals surface area contributed by atoms with E-state index in [9.17, 15) is 4.79 Å². The minimum Gasteiger partial charge on any atom is -0.338 e. The van der Waals surface area contributed by atoms with Crippen molar-refractivity contribution in [3.8, 4) is 0 Å². The van der Waals surface area contributed by atoms with Crippen LogP contribution in [0.3, 0.4) is 0 Å². The number of amides is 1. The lowest BCUT2D eigenvalue weighted by Gasteiger charge is -2.35. The first-order chi connectivity index (χ1) is 7.58. The minimum absolute atomic E-state index is 0.170. The van der Waals surface area contributed by atoms with Gasteiger partial charge in [-0.05, 0) is 24.3 Å². The quantitative estimate of drug-likeness (QED) is 0.764. The van der Waals surface area contributed by atoms with Gasteiger partial charge in [-0.25, -0.2) is 0 Å². The SMILES string of the molecule is CC1CCN(C(=O)c2cc(S)cs2)CC1C. The Kier molecular flexibility index (Phi) is 3.60. The Bertz CT molecular complexity index is 388. The van der Waals surface area contributed by atoms with Gasteiger partial charge >= 0.3 is 0 Å². The van der Waals surface area contributed by atoms with Gasteiger partial charge in [0.25, 0.3) is 5.91 Å². The van der Waals surface area contributed by atoms with Gasteiger partial charge in [0.15, 0.2) is 0 Å². The molecule has 2 atom stereocenters. The second-order valence-corrected chi connectivity index (χ2v) is 6.09. The standard InChI is InChI=1S/C12H17NOS2/c1-8-3-4-13(6-9(8)2)12(14)11-5-10(15)7-16-11/h5,7-9,15H,3-4,6H2,1-2H3. The predicted octanol–water partition coefficient (Wildman–Crippen LogP) is 3.15. The Labute approximate surface area is 106 Å². The molecule has 88 valence electrons. The van der Waals surface area contributed by atoms with Crippen LogP contribution in [0.2, 0.25) is 0 Å². The lowest BCUT2D eigenvalue weighted by atomic mass is 9.88. The summed E-state index contributed by atoms with van der Waals surface area (Å²) in [6, 6.07) is 1.86. The maximum atomic E-state index is 12.2. The molecule has 0 aromatic carbocycles. The monoisotopic (exact) mass is 255 g/mol. The maximum absolute atomic E-state index is 12.2. The number of nitrogens with zero attached hydrogens (tertiary/aromatic N) is 1. The van der Waals surface area contributed by atoms with Gasteiger partial charge in [0, 0.05) is 23.4 Å². The highest BCUT2D eigenvalue weighted by Gasteiger charge is 2.26. The number of thiophene rings is 1. The van der Waals surface area contributed by atoms with Gasteiger partial charge in [-0.15, -0.1) is 24.0 Å². The number of piperidine rings is 1. The van der Waals surface area contributed by atoms with Crippen molar-refractivity contribution in [2.45, 2.75) is 25.2 Å². The molecular weight excluding hydrogens is 238 g/mol. The predicted molar refractivity (Wildman–Crippen MR) is 70.4 cm³/mol. The van der Waals surface area contributed by atoms with Crippen LogP contribution >= 0.6 is 24.0 Å². The van der Waals surface area contributed by atoms with Gasteiger partial charge in [0.05, 0.1) is 4.88 Å². The van der Waals surface area contributed by atoms with Gasteiger partial charge in [-0.2, -0.15) is 0 Å². The number of rotatable bonds is 1. The van der Waals surface area contributed by atoms with Gasteiger partial charge in [-0.3, -0.25) is 4.79 Å². The topological polar surface area (TPSA) is 20.3 Å². The van der Waals surface area contributed by atoms with E-state index < -0.39 is 0 Å². The van der Waals surface area contributed by atoms with Crippen molar-refractivity contribution in [3.05, 3.63) is 16.3 Å². The van der Waals surface area contributed by atoms with Crippen LogP contribution < -0.4 is 0 Å². The van der Waals surface area contributed by atoms with Crippen molar-refractivity contribution in [3.63, 3.8) is 0 Å². The molecule has 1 aromatic heterocycles. The highest BCUT2D eigenvalue weighted by molar-refractivity contribution is 7.80. The van der Waals surface area contributed by atoms with E-state index in [4.69, 9.17) is 0 Å². The molecule has 1 amide bonds. The molecule has 2 nitrogen and oxygen atoms in total. The fourth-order valence-electron chi connectivity index (χ4n) is 2.04. The lowest BCUT2D eigenvalue weighted by molar-refractivity contribution is 0.0632. The van der Waals surface area contributed by atoms with E-state index >= 15 is 0 Å². The first-order valence-corrected chi connectivity index (χ1v) is 6.97. The molecule has 1 fully saturated rings. The van der Waals surface area contributed by atoms with Crippen LogP contribution in [-0.2, 0) is 0 Å². The number of hydrogen-bond donors (Lipinski definition) is 1. The largest absolute Gasteiger partial charge is 0.338 e. The summed E-state index contributed by atoms with van der Waals surface area (Å²) in [7, 11) is 0. The van der Waals surface area contributed by atoms with E-state index in [2.05, 4.69) is 26.5 Å². The molecule has 16 heavy (non-hydrogen) atoms. The summed E-state index contributed by atoms with van der Waals surface area (Å²) in [5, 5.41) is 1.91. The first-order valence-electron chi connectivity index (χ1n) is 5.64. The van der Waals surface area contributed by atoms with Crippen molar-refractivity contribution >= 4 is 29.9 Å². The van der Waals surface area contributed by atoms with E-state index in [1.165, 1.54) is 11.3 Å². The third-order valence-electron chi connectivity index (χ3n) is 3.42. The van der Waals surface area contributed by atoms with Crippen molar-refractivity contribution in [1.29, 1.82) is 0 Å². The van der Waals surface area contributed by atoms with Crippen LogP contribution in [0.1, 0.15) is 29.9 Å². The Hall–Kier alpha value is -0.480. The van der Waals surface area contributed by atoms with E-state index in [0.29, 0.717) is 5.92 Å². The van der Waals surface area contributed by atoms with E-state index in [-0.39, 0.29) is 5.91 Å². The van der Waals surface area contributed by atoms with E-state index in [1.807, 2.05) is 16.3 Å². The number of thiol groups is 1. The molecule has 0 aliphatic carbocycles. The zero-order valence-corrected chi connectivity index (χ0v) is 11.4. The number of likely N-dealkylation sites (tertiary alicyclic amines) is 1. The van der Waals surface area contributed by atoms with Crippen molar-refractivity contribution < 1.29 is 4.79 Å². The highest BCUT2D eigenvalue weighted by atomic mass is 32.1. The molecule has 4 heteroatoms. The summed E-state index contributed by atoms with van der Waals surface area (Å²) in [6.07, 6.45) is 1.12. The maximum Gasteiger partial charge on any atom is 0.263 e. The smallest absolute Gasteiger partial charge is 0.263 e. The third-order valence-corrected chi connectivity index (χ3v) is 4.77. The zero-order chi connectivity index (χ0) is 11.7. The molecule has 1 saturated heterocycles. The van der Waals surface area contributed by atoms with Crippen molar-refractivity contribution in [2.24, 2.45) is 11.8 Å². The van der Waals surface area contributed by atoms with E-state index in [0.717, 1.165) is 35.2 Å². The lowest BCUT2D eigenvalue weighted by Crippen LogP contribution is -2.41. The molecule has 0 N–H and O–H groups in total. The minimum atomic E-state index is 0.170. The Morgan fingerprint density at radius 3 is 2.81 bits per heavy atom. The average molecular weight is 255 g/mol. The van der Waals surface area contributed by atoms with Gasteiger partial charge < -0.3 is 4.90 Å². The summed E-state index contributed by atoms with van der Waals surface area (Å²) < 4.78 is 0. The summed E-state index contributed by atoms with van der Waals surface area (Å²) in [5.41, 5.74) is 0. The van der Waals surface area contributed by atoms with Gasteiger partial charge in [0.1, 0.15) is 0 Å².